The lowest BCUT2D eigenvalue weighted by atomic mass is 10.1. The van der Waals surface area contributed by atoms with Gasteiger partial charge in [0.15, 0.2) is 0 Å². The van der Waals surface area contributed by atoms with Gasteiger partial charge >= 0.3 is 0 Å². The lowest BCUT2D eigenvalue weighted by Gasteiger charge is -2.03. The van der Waals surface area contributed by atoms with E-state index in [0.29, 0.717) is 10.0 Å². The summed E-state index contributed by atoms with van der Waals surface area (Å²) in [6, 6.07) is 23.9. The summed E-state index contributed by atoms with van der Waals surface area (Å²) in [5.74, 6) is 0.830. The van der Waals surface area contributed by atoms with Crippen LogP contribution in [0, 0.1) is 0 Å². The first kappa shape index (κ1) is 18.0. The topological polar surface area (TPSA) is 33.6 Å². The summed E-state index contributed by atoms with van der Waals surface area (Å²) in [4.78, 5) is 8.55. The fourth-order valence-corrected chi connectivity index (χ4v) is 3.93. The molecule has 0 atom stereocenters. The molecule has 5 aromatic rings. The van der Waals surface area contributed by atoms with Crippen molar-refractivity contribution in [1.82, 2.24) is 14.5 Å². The second-order valence-corrected chi connectivity index (χ2v) is 7.87. The Balaban J connectivity index is 1.74. The van der Waals surface area contributed by atoms with Crippen LogP contribution in [0.25, 0.3) is 44.8 Å². The van der Waals surface area contributed by atoms with Crippen LogP contribution in [-0.4, -0.2) is 14.5 Å². The van der Waals surface area contributed by atoms with Crippen LogP contribution in [0.5, 0.6) is 0 Å². The van der Waals surface area contributed by atoms with Crippen molar-refractivity contribution in [3.05, 3.63) is 89.0 Å². The summed E-state index contributed by atoms with van der Waals surface area (Å²) in [6.07, 6.45) is 2.11. The van der Waals surface area contributed by atoms with Gasteiger partial charge in [0.25, 0.3) is 0 Å². The van der Waals surface area contributed by atoms with E-state index in [1.165, 1.54) is 5.52 Å². The number of aryl methyl sites for hydroxylation is 1. The van der Waals surface area contributed by atoms with Crippen molar-refractivity contribution in [2.45, 2.75) is 0 Å². The SMILES string of the molecule is Cn1cc(-c2nc(-c3ccc(Cl)cc3)c(-c3ccc(Cl)cc3)[nH]2)c2ccccc21. The van der Waals surface area contributed by atoms with Crippen molar-refractivity contribution in [3.63, 3.8) is 0 Å². The molecule has 0 saturated carbocycles. The van der Waals surface area contributed by atoms with E-state index in [1.807, 2.05) is 54.6 Å². The van der Waals surface area contributed by atoms with Crippen LogP contribution in [0.3, 0.4) is 0 Å². The Kier molecular flexibility index (Phi) is 4.42. The zero-order valence-corrected chi connectivity index (χ0v) is 17.2. The van der Waals surface area contributed by atoms with Gasteiger partial charge in [-0.3, -0.25) is 0 Å². The van der Waals surface area contributed by atoms with Crippen molar-refractivity contribution in [3.8, 4) is 33.9 Å². The van der Waals surface area contributed by atoms with Crippen molar-refractivity contribution in [2.75, 3.05) is 0 Å². The predicted octanol–water partition coefficient (Wildman–Crippen LogP) is 7.21. The van der Waals surface area contributed by atoms with E-state index in [-0.39, 0.29) is 0 Å². The third kappa shape index (κ3) is 3.23. The number of benzene rings is 3. The maximum atomic E-state index is 6.10. The first-order valence-corrected chi connectivity index (χ1v) is 10.0. The number of halogens is 2. The van der Waals surface area contributed by atoms with E-state index >= 15 is 0 Å². The van der Waals surface area contributed by atoms with Crippen LogP contribution in [-0.2, 0) is 7.05 Å². The average Bonchev–Trinajstić information content (AvgIpc) is 3.31. The quantitative estimate of drug-likeness (QED) is 0.330. The molecule has 2 aromatic heterocycles. The molecule has 29 heavy (non-hydrogen) atoms. The molecule has 3 aromatic carbocycles. The van der Waals surface area contributed by atoms with Crippen molar-refractivity contribution in [1.29, 1.82) is 0 Å². The Bertz CT molecular complexity index is 1250. The summed E-state index contributed by atoms with van der Waals surface area (Å²) in [6.45, 7) is 0. The van der Waals surface area contributed by atoms with Crippen LogP contribution in [0.2, 0.25) is 10.0 Å². The van der Waals surface area contributed by atoms with Crippen molar-refractivity contribution < 1.29 is 0 Å². The molecule has 5 heteroatoms. The summed E-state index contributed by atoms with van der Waals surface area (Å²) >= 11 is 12.2. The van der Waals surface area contributed by atoms with Gasteiger partial charge in [-0.2, -0.15) is 0 Å². The zero-order valence-electron chi connectivity index (χ0n) is 15.7. The first-order chi connectivity index (χ1) is 14.1. The molecule has 0 fully saturated rings. The van der Waals surface area contributed by atoms with Gasteiger partial charge in [0.2, 0.25) is 0 Å². The molecule has 2 heterocycles. The molecular weight excluding hydrogens is 401 g/mol. The molecule has 1 N–H and O–H groups in total. The number of hydrogen-bond donors (Lipinski definition) is 1. The predicted molar refractivity (Wildman–Crippen MR) is 121 cm³/mol. The lowest BCUT2D eigenvalue weighted by molar-refractivity contribution is 0.969. The summed E-state index contributed by atoms with van der Waals surface area (Å²) in [5.41, 5.74) is 6.10. The smallest absolute Gasteiger partial charge is 0.140 e. The third-order valence-corrected chi connectivity index (χ3v) is 5.61. The number of nitrogens with one attached hydrogen (secondary N) is 1. The van der Waals surface area contributed by atoms with Gasteiger partial charge in [0.1, 0.15) is 5.82 Å². The number of imidazole rings is 1. The molecule has 0 aliphatic carbocycles. The Hall–Kier alpha value is -3.01. The number of nitrogens with zero attached hydrogens (tertiary/aromatic N) is 2. The highest BCUT2D eigenvalue weighted by atomic mass is 35.5. The Morgan fingerprint density at radius 1 is 0.793 bits per heavy atom. The lowest BCUT2D eigenvalue weighted by Crippen LogP contribution is -1.83. The molecule has 0 amide bonds. The average molecular weight is 418 g/mol. The normalized spacial score (nSPS) is 11.3. The molecule has 142 valence electrons. The fourth-order valence-electron chi connectivity index (χ4n) is 3.67. The maximum Gasteiger partial charge on any atom is 0.140 e. The third-order valence-electron chi connectivity index (χ3n) is 5.11. The number of fused-ring (bicyclic) bond motifs is 1. The number of hydrogen-bond acceptors (Lipinski definition) is 1. The van der Waals surface area contributed by atoms with E-state index in [9.17, 15) is 0 Å². The number of H-pyrrole nitrogens is 1. The van der Waals surface area contributed by atoms with Crippen LogP contribution in [0.4, 0.5) is 0 Å². The Labute approximate surface area is 178 Å². The molecule has 0 radical (unpaired) electrons. The standard InChI is InChI=1S/C24H17Cl2N3/c1-29-14-20(19-4-2-3-5-21(19)29)24-27-22(15-6-10-17(25)11-7-15)23(28-24)16-8-12-18(26)13-9-16/h2-14H,1H3,(H,27,28). The largest absolute Gasteiger partial charge is 0.350 e. The van der Waals surface area contributed by atoms with Gasteiger partial charge in [-0.15, -0.1) is 0 Å². The summed E-state index contributed by atoms with van der Waals surface area (Å²) < 4.78 is 2.12. The second kappa shape index (κ2) is 7.11. The first-order valence-electron chi connectivity index (χ1n) is 9.26. The van der Waals surface area contributed by atoms with Gasteiger partial charge < -0.3 is 9.55 Å². The Morgan fingerprint density at radius 2 is 1.41 bits per heavy atom. The molecule has 0 unspecified atom stereocenters. The van der Waals surface area contributed by atoms with E-state index in [2.05, 4.69) is 41.0 Å². The van der Waals surface area contributed by atoms with Crippen LogP contribution in [0.15, 0.2) is 79.0 Å². The molecule has 0 aliphatic rings. The minimum Gasteiger partial charge on any atom is -0.350 e. The van der Waals surface area contributed by atoms with Crippen molar-refractivity contribution >= 4 is 34.1 Å². The molecule has 3 nitrogen and oxygen atoms in total. The summed E-state index contributed by atoms with van der Waals surface area (Å²) in [5, 5.41) is 2.57. The molecule has 0 spiro atoms. The van der Waals surface area contributed by atoms with E-state index in [0.717, 1.165) is 39.3 Å². The number of para-hydroxylation sites is 1. The Morgan fingerprint density at radius 3 is 2.10 bits per heavy atom. The van der Waals surface area contributed by atoms with Crippen molar-refractivity contribution in [2.24, 2.45) is 7.05 Å². The van der Waals surface area contributed by atoms with E-state index < -0.39 is 0 Å². The van der Waals surface area contributed by atoms with Gasteiger partial charge in [-0.05, 0) is 30.3 Å². The second-order valence-electron chi connectivity index (χ2n) is 6.99. The highest BCUT2D eigenvalue weighted by Gasteiger charge is 2.18. The number of aromatic amines is 1. The highest BCUT2D eigenvalue weighted by molar-refractivity contribution is 6.31. The highest BCUT2D eigenvalue weighted by Crippen LogP contribution is 2.36. The zero-order chi connectivity index (χ0) is 20.0. The fraction of sp³-hybridized carbons (Fsp3) is 0.0417. The molecule has 5 rings (SSSR count). The monoisotopic (exact) mass is 417 g/mol. The minimum atomic E-state index is 0.701. The molecule has 0 aliphatic heterocycles. The number of aromatic nitrogens is 3. The van der Waals surface area contributed by atoms with Crippen LogP contribution < -0.4 is 0 Å². The van der Waals surface area contributed by atoms with E-state index in [1.54, 1.807) is 0 Å². The van der Waals surface area contributed by atoms with Crippen LogP contribution in [0.1, 0.15) is 0 Å². The molecule has 0 bridgehead atoms. The maximum absolute atomic E-state index is 6.10. The van der Waals surface area contributed by atoms with Crippen LogP contribution >= 0.6 is 23.2 Å². The number of rotatable bonds is 3. The van der Waals surface area contributed by atoms with Gasteiger partial charge in [-0.1, -0.05) is 65.7 Å². The summed E-state index contributed by atoms with van der Waals surface area (Å²) in [7, 11) is 2.05. The minimum absolute atomic E-state index is 0.701. The van der Waals surface area contributed by atoms with Gasteiger partial charge in [0.05, 0.1) is 11.4 Å². The molecular formula is C24H17Cl2N3. The molecule has 0 saturated heterocycles. The van der Waals surface area contributed by atoms with Gasteiger partial charge in [0, 0.05) is 50.9 Å². The van der Waals surface area contributed by atoms with Gasteiger partial charge in [-0.25, -0.2) is 4.98 Å². The van der Waals surface area contributed by atoms with E-state index in [4.69, 9.17) is 28.2 Å².